The van der Waals surface area contributed by atoms with E-state index in [1.165, 1.54) is 6.07 Å². The molecule has 9 nitrogen and oxygen atoms in total. The van der Waals surface area contributed by atoms with Crippen LogP contribution in [0, 0.1) is 5.92 Å². The van der Waals surface area contributed by atoms with Crippen LogP contribution in [0.5, 0.6) is 0 Å². The number of alkyl halides is 3. The van der Waals surface area contributed by atoms with Crippen LogP contribution in [0.15, 0.2) is 36.4 Å². The van der Waals surface area contributed by atoms with E-state index in [1.54, 1.807) is 9.80 Å². The first-order chi connectivity index (χ1) is 23.3. The molecule has 49 heavy (non-hydrogen) atoms. The summed E-state index contributed by atoms with van der Waals surface area (Å²) in [6.07, 6.45) is -1.48. The molecule has 3 atom stereocenters. The second kappa shape index (κ2) is 15.6. The van der Waals surface area contributed by atoms with Gasteiger partial charge in [0.1, 0.15) is 0 Å². The van der Waals surface area contributed by atoms with Crippen LogP contribution in [0.3, 0.4) is 0 Å². The highest BCUT2D eigenvalue weighted by molar-refractivity contribution is 6.33. The van der Waals surface area contributed by atoms with Gasteiger partial charge in [0.15, 0.2) is 0 Å². The summed E-state index contributed by atoms with van der Waals surface area (Å²) in [4.78, 5) is 48.9. The lowest BCUT2D eigenvalue weighted by molar-refractivity contribution is -0.144. The minimum atomic E-state index is -4.72. The number of rotatable bonds is 9. The molecule has 0 saturated carbocycles. The standard InChI is InChI=1S/C36H48ClF3N6O3/c1-4-43(5-2)28-13-17-45(23(3)18-28)34(48)26(19-24-20-29(36(38,39)40)33(41)30(37)21-24)22-32(47)44-14-11-27(12-15-44)46-16-10-25-8-6-7-9-31(25)42-35(46)49/h6-9,20-21,23,26-28H,4-5,10-19,22,41H2,1-3H3,(H,42,49)/t23?,26-,28?/m0/s1. The SMILES string of the molecule is CCN(CC)C1CCN(C(=O)[C@H](CC(=O)N2CCC(N3CCc4ccccc4NC3=O)CC2)Cc2cc(Cl)c(N)c(C(F)(F)F)c2)C(C)C1. The number of para-hydroxylation sites is 1. The number of urea groups is 1. The first-order valence-electron chi connectivity index (χ1n) is 17.4. The van der Waals surface area contributed by atoms with E-state index in [-0.39, 0.29) is 53.4 Å². The predicted molar refractivity (Wildman–Crippen MR) is 185 cm³/mol. The molecule has 13 heteroatoms. The third-order valence-electron chi connectivity index (χ3n) is 10.6. The van der Waals surface area contributed by atoms with Gasteiger partial charge in [0.05, 0.1) is 22.2 Å². The van der Waals surface area contributed by atoms with E-state index in [4.69, 9.17) is 17.3 Å². The molecular weight excluding hydrogens is 657 g/mol. The van der Waals surface area contributed by atoms with Crippen molar-refractivity contribution in [2.75, 3.05) is 50.3 Å². The second-order valence-electron chi connectivity index (χ2n) is 13.6. The van der Waals surface area contributed by atoms with Crippen LogP contribution in [0.1, 0.15) is 69.6 Å². The number of nitrogen functional groups attached to an aromatic ring is 1. The maximum absolute atomic E-state index is 14.2. The molecule has 2 aromatic carbocycles. The van der Waals surface area contributed by atoms with Gasteiger partial charge in [0, 0.05) is 56.4 Å². The van der Waals surface area contributed by atoms with Crippen LogP contribution in [-0.2, 0) is 28.6 Å². The number of fused-ring (bicyclic) bond motifs is 1. The minimum Gasteiger partial charge on any atom is -0.397 e. The molecule has 3 aliphatic rings. The number of amides is 4. The Kier molecular flexibility index (Phi) is 11.7. The summed E-state index contributed by atoms with van der Waals surface area (Å²) in [7, 11) is 0. The van der Waals surface area contributed by atoms with E-state index in [0.717, 1.165) is 49.7 Å². The van der Waals surface area contributed by atoms with Gasteiger partial charge in [-0.1, -0.05) is 43.6 Å². The number of carbonyl (C=O) groups excluding carboxylic acids is 3. The molecule has 0 spiro atoms. The average molecular weight is 705 g/mol. The van der Waals surface area contributed by atoms with E-state index in [0.29, 0.717) is 45.1 Å². The highest BCUT2D eigenvalue weighted by Crippen LogP contribution is 2.39. The van der Waals surface area contributed by atoms with Crippen molar-refractivity contribution in [1.29, 1.82) is 0 Å². The molecule has 2 fully saturated rings. The van der Waals surface area contributed by atoms with E-state index >= 15 is 0 Å². The zero-order chi connectivity index (χ0) is 35.5. The Bertz CT molecular complexity index is 1510. The van der Waals surface area contributed by atoms with Crippen LogP contribution in [0.25, 0.3) is 0 Å². The highest BCUT2D eigenvalue weighted by atomic mass is 35.5. The molecule has 0 aromatic heterocycles. The van der Waals surface area contributed by atoms with Gasteiger partial charge in [0.2, 0.25) is 11.8 Å². The molecule has 3 aliphatic heterocycles. The number of carbonyl (C=O) groups is 3. The van der Waals surface area contributed by atoms with Crippen molar-refractivity contribution in [2.45, 2.75) is 90.0 Å². The lowest BCUT2D eigenvalue weighted by atomic mass is 9.89. The average Bonchev–Trinajstić information content (AvgIpc) is 3.24. The van der Waals surface area contributed by atoms with Crippen molar-refractivity contribution in [2.24, 2.45) is 5.92 Å². The summed E-state index contributed by atoms with van der Waals surface area (Å²) in [5.41, 5.74) is 6.17. The summed E-state index contributed by atoms with van der Waals surface area (Å²) in [6, 6.07) is 10.1. The first kappa shape index (κ1) is 36.8. The molecule has 2 unspecified atom stereocenters. The van der Waals surface area contributed by atoms with E-state index in [2.05, 4.69) is 24.1 Å². The molecular formula is C36H48ClF3N6O3. The maximum atomic E-state index is 14.2. The van der Waals surface area contributed by atoms with E-state index < -0.39 is 23.3 Å². The Morgan fingerprint density at radius 2 is 1.76 bits per heavy atom. The summed E-state index contributed by atoms with van der Waals surface area (Å²) in [5.74, 6) is -1.35. The van der Waals surface area contributed by atoms with Gasteiger partial charge >= 0.3 is 12.2 Å². The van der Waals surface area contributed by atoms with Crippen molar-refractivity contribution in [3.05, 3.63) is 58.1 Å². The zero-order valence-electron chi connectivity index (χ0n) is 28.6. The first-order valence-corrected chi connectivity index (χ1v) is 17.8. The number of anilines is 2. The number of nitrogens with one attached hydrogen (secondary N) is 1. The highest BCUT2D eigenvalue weighted by Gasteiger charge is 2.39. The molecule has 2 aromatic rings. The van der Waals surface area contributed by atoms with E-state index in [1.807, 2.05) is 36.1 Å². The molecule has 0 aliphatic carbocycles. The molecule has 4 amide bonds. The normalized spacial score (nSPS) is 21.3. The van der Waals surface area contributed by atoms with Gasteiger partial charge in [0.25, 0.3) is 0 Å². The van der Waals surface area contributed by atoms with Gasteiger partial charge in [-0.15, -0.1) is 0 Å². The Labute approximate surface area is 291 Å². The fraction of sp³-hybridized carbons (Fsp3) is 0.583. The summed E-state index contributed by atoms with van der Waals surface area (Å²) < 4.78 is 41.5. The molecule has 0 bridgehead atoms. The topological polar surface area (TPSA) is 102 Å². The van der Waals surface area contributed by atoms with Crippen LogP contribution in [0.4, 0.5) is 29.3 Å². The third kappa shape index (κ3) is 8.45. The minimum absolute atomic E-state index is 0.0403. The van der Waals surface area contributed by atoms with Crippen LogP contribution >= 0.6 is 11.6 Å². The Morgan fingerprint density at radius 3 is 2.41 bits per heavy atom. The van der Waals surface area contributed by atoms with Crippen molar-refractivity contribution in [3.63, 3.8) is 0 Å². The number of hydrogen-bond acceptors (Lipinski definition) is 5. The molecule has 3 N–H and O–H groups in total. The van der Waals surface area contributed by atoms with Crippen molar-refractivity contribution >= 4 is 40.8 Å². The Hall–Kier alpha value is -3.51. The molecule has 5 rings (SSSR count). The smallest absolute Gasteiger partial charge is 0.397 e. The maximum Gasteiger partial charge on any atom is 0.418 e. The van der Waals surface area contributed by atoms with E-state index in [9.17, 15) is 27.6 Å². The number of halogens is 4. The number of nitrogens with zero attached hydrogens (tertiary/aromatic N) is 4. The zero-order valence-corrected chi connectivity index (χ0v) is 29.3. The predicted octanol–water partition coefficient (Wildman–Crippen LogP) is 6.29. The molecule has 3 heterocycles. The van der Waals surface area contributed by atoms with Crippen LogP contribution in [-0.4, -0.2) is 94.8 Å². The number of hydrogen-bond donors (Lipinski definition) is 2. The van der Waals surface area contributed by atoms with Crippen molar-refractivity contribution in [1.82, 2.24) is 19.6 Å². The monoisotopic (exact) mass is 704 g/mol. The third-order valence-corrected chi connectivity index (χ3v) is 10.9. The van der Waals surface area contributed by atoms with Gasteiger partial charge in [-0.3, -0.25) is 9.59 Å². The summed E-state index contributed by atoms with van der Waals surface area (Å²) in [6.45, 7) is 9.96. The lowest BCUT2D eigenvalue weighted by Crippen LogP contribution is -2.53. The van der Waals surface area contributed by atoms with Crippen molar-refractivity contribution < 1.29 is 27.6 Å². The van der Waals surface area contributed by atoms with Gasteiger partial charge in [-0.25, -0.2) is 4.79 Å². The quantitative estimate of drug-likeness (QED) is 0.299. The Balaban J connectivity index is 1.29. The number of nitrogens with two attached hydrogens (primary N) is 1. The second-order valence-corrected chi connectivity index (χ2v) is 14.0. The Morgan fingerprint density at radius 1 is 1.06 bits per heavy atom. The number of likely N-dealkylation sites (tertiary alicyclic amines) is 2. The fourth-order valence-corrected chi connectivity index (χ4v) is 8.09. The van der Waals surface area contributed by atoms with Gasteiger partial charge in [-0.2, -0.15) is 13.2 Å². The summed E-state index contributed by atoms with van der Waals surface area (Å²) >= 11 is 6.15. The largest absolute Gasteiger partial charge is 0.418 e. The number of piperidine rings is 2. The van der Waals surface area contributed by atoms with Crippen LogP contribution < -0.4 is 11.1 Å². The number of benzene rings is 2. The molecule has 2 saturated heterocycles. The van der Waals surface area contributed by atoms with Gasteiger partial charge < -0.3 is 30.7 Å². The molecule has 0 radical (unpaired) electrons. The van der Waals surface area contributed by atoms with Crippen LogP contribution in [0.2, 0.25) is 5.02 Å². The molecule has 268 valence electrons. The summed E-state index contributed by atoms with van der Waals surface area (Å²) in [5, 5.41) is 2.77. The fourth-order valence-electron chi connectivity index (χ4n) is 7.84. The van der Waals surface area contributed by atoms with Gasteiger partial charge in [-0.05, 0) is 87.9 Å². The van der Waals surface area contributed by atoms with Crippen molar-refractivity contribution in [3.8, 4) is 0 Å². The lowest BCUT2D eigenvalue weighted by Gasteiger charge is -2.43.